The van der Waals surface area contributed by atoms with Gasteiger partial charge < -0.3 is 15.0 Å². The minimum Gasteiger partial charge on any atom is -0.462 e. The van der Waals surface area contributed by atoms with Gasteiger partial charge in [0.2, 0.25) is 0 Å². The number of amides is 2. The number of carbonyl (C=O) groups is 3. The number of nitrogens with one attached hydrogen (secondary N) is 1. The van der Waals surface area contributed by atoms with Gasteiger partial charge in [0.15, 0.2) is 0 Å². The zero-order chi connectivity index (χ0) is 21.9. The summed E-state index contributed by atoms with van der Waals surface area (Å²) >= 11 is 6.93. The van der Waals surface area contributed by atoms with Crippen molar-refractivity contribution in [1.29, 1.82) is 0 Å². The van der Waals surface area contributed by atoms with Crippen LogP contribution in [0.3, 0.4) is 0 Å². The number of nitro groups is 1. The van der Waals surface area contributed by atoms with E-state index in [0.29, 0.717) is 5.56 Å². The molecule has 2 aromatic rings. The quantitative estimate of drug-likeness (QED) is 0.416. The van der Waals surface area contributed by atoms with E-state index in [1.807, 2.05) is 0 Å². The highest BCUT2D eigenvalue weighted by molar-refractivity contribution is 7.18. The van der Waals surface area contributed by atoms with Gasteiger partial charge in [0.1, 0.15) is 5.00 Å². The molecule has 9 nitrogen and oxygen atoms in total. The first-order chi connectivity index (χ1) is 13.6. The molecule has 29 heavy (non-hydrogen) atoms. The Hall–Kier alpha value is -2.98. The number of anilines is 1. The maximum atomic E-state index is 12.7. The maximum Gasteiger partial charge on any atom is 0.341 e. The van der Waals surface area contributed by atoms with E-state index in [-0.39, 0.29) is 44.2 Å². The third kappa shape index (κ3) is 4.72. The molecule has 0 bridgehead atoms. The van der Waals surface area contributed by atoms with Gasteiger partial charge >= 0.3 is 5.97 Å². The number of carbonyl (C=O) groups excluding carboxylic acids is 3. The fourth-order valence-electron chi connectivity index (χ4n) is 2.43. The first-order valence-electron chi connectivity index (χ1n) is 8.35. The van der Waals surface area contributed by atoms with E-state index in [9.17, 15) is 24.5 Å². The molecule has 0 aliphatic carbocycles. The standard InChI is InChI=1S/C18H18ClN3O6S/c1-5-28-18(25)13-9(2)14(17(24)21(3)4)29-16(13)20-15(23)11-8-10(22(26)27)6-7-12(11)19/h6-8H,5H2,1-4H3,(H,20,23). The van der Waals surface area contributed by atoms with Gasteiger partial charge in [-0.1, -0.05) is 11.6 Å². The average Bonchev–Trinajstić information content (AvgIpc) is 2.97. The van der Waals surface area contributed by atoms with Crippen LogP contribution in [0.15, 0.2) is 18.2 Å². The molecule has 1 aromatic carbocycles. The molecule has 0 fully saturated rings. The minimum absolute atomic E-state index is 0.00338. The number of esters is 1. The van der Waals surface area contributed by atoms with Gasteiger partial charge in [0, 0.05) is 26.2 Å². The van der Waals surface area contributed by atoms with Crippen LogP contribution in [0.1, 0.15) is 42.9 Å². The summed E-state index contributed by atoms with van der Waals surface area (Å²) in [5, 5.41) is 13.6. The topological polar surface area (TPSA) is 119 Å². The normalized spacial score (nSPS) is 10.4. The lowest BCUT2D eigenvalue weighted by atomic mass is 10.1. The summed E-state index contributed by atoms with van der Waals surface area (Å²) in [5.41, 5.74) is -0.0252. The zero-order valence-electron chi connectivity index (χ0n) is 16.1. The van der Waals surface area contributed by atoms with Gasteiger partial charge in [-0.3, -0.25) is 19.7 Å². The van der Waals surface area contributed by atoms with Gasteiger partial charge in [0.25, 0.3) is 17.5 Å². The van der Waals surface area contributed by atoms with Gasteiger partial charge in [0.05, 0.1) is 32.6 Å². The van der Waals surface area contributed by atoms with E-state index < -0.39 is 16.8 Å². The number of rotatable bonds is 6. The van der Waals surface area contributed by atoms with E-state index in [1.165, 1.54) is 17.0 Å². The first-order valence-corrected chi connectivity index (χ1v) is 9.55. The molecule has 11 heteroatoms. The van der Waals surface area contributed by atoms with Crippen molar-refractivity contribution in [2.24, 2.45) is 0 Å². The molecule has 0 unspecified atom stereocenters. The summed E-state index contributed by atoms with van der Waals surface area (Å²) < 4.78 is 5.04. The fourth-order valence-corrected chi connectivity index (χ4v) is 3.84. The highest BCUT2D eigenvalue weighted by atomic mass is 35.5. The van der Waals surface area contributed by atoms with Gasteiger partial charge in [-0.2, -0.15) is 0 Å². The molecule has 1 heterocycles. The molecule has 0 spiro atoms. The number of benzene rings is 1. The van der Waals surface area contributed by atoms with Crippen LogP contribution in [-0.4, -0.2) is 48.3 Å². The van der Waals surface area contributed by atoms with E-state index in [1.54, 1.807) is 27.9 Å². The molecule has 0 radical (unpaired) electrons. The molecular weight excluding hydrogens is 422 g/mol. The Morgan fingerprint density at radius 2 is 1.97 bits per heavy atom. The number of hydrogen-bond acceptors (Lipinski definition) is 7. The number of hydrogen-bond donors (Lipinski definition) is 1. The molecule has 0 saturated heterocycles. The van der Waals surface area contributed by atoms with E-state index in [4.69, 9.17) is 16.3 Å². The zero-order valence-corrected chi connectivity index (χ0v) is 17.6. The molecule has 154 valence electrons. The van der Waals surface area contributed by atoms with Gasteiger partial charge in [-0.25, -0.2) is 4.79 Å². The summed E-state index contributed by atoms with van der Waals surface area (Å²) in [5.74, 6) is -1.79. The Balaban J connectivity index is 2.51. The molecule has 0 saturated carbocycles. The van der Waals surface area contributed by atoms with Crippen molar-refractivity contribution in [3.63, 3.8) is 0 Å². The average molecular weight is 440 g/mol. The van der Waals surface area contributed by atoms with E-state index >= 15 is 0 Å². The summed E-state index contributed by atoms with van der Waals surface area (Å²) in [4.78, 5) is 49.5. The predicted molar refractivity (Wildman–Crippen MR) is 109 cm³/mol. The molecular formula is C18H18ClN3O6S. The monoisotopic (exact) mass is 439 g/mol. The largest absolute Gasteiger partial charge is 0.462 e. The number of halogens is 1. The van der Waals surface area contributed by atoms with E-state index in [0.717, 1.165) is 17.4 Å². The molecule has 2 rings (SSSR count). The highest BCUT2D eigenvalue weighted by Gasteiger charge is 2.28. The number of ether oxygens (including phenoxy) is 1. The van der Waals surface area contributed by atoms with E-state index in [2.05, 4.69) is 5.32 Å². The lowest BCUT2D eigenvalue weighted by molar-refractivity contribution is -0.384. The third-order valence-corrected chi connectivity index (χ3v) is 5.38. The van der Waals surface area contributed by atoms with Gasteiger partial charge in [-0.05, 0) is 25.5 Å². The van der Waals surface area contributed by atoms with Crippen molar-refractivity contribution in [3.05, 3.63) is 54.9 Å². The Labute approximate surface area is 175 Å². The van der Waals surface area contributed by atoms with Crippen LogP contribution >= 0.6 is 22.9 Å². The Morgan fingerprint density at radius 1 is 1.31 bits per heavy atom. The van der Waals surface area contributed by atoms with Crippen molar-refractivity contribution in [2.75, 3.05) is 26.0 Å². The van der Waals surface area contributed by atoms with Crippen molar-refractivity contribution >= 4 is 51.4 Å². The van der Waals surface area contributed by atoms with Crippen LogP contribution in [0, 0.1) is 17.0 Å². The summed E-state index contributed by atoms with van der Waals surface area (Å²) in [6.45, 7) is 3.32. The van der Waals surface area contributed by atoms with Crippen LogP contribution < -0.4 is 5.32 Å². The fraction of sp³-hybridized carbons (Fsp3) is 0.278. The smallest absolute Gasteiger partial charge is 0.341 e. The van der Waals surface area contributed by atoms with Crippen LogP contribution in [0.5, 0.6) is 0 Å². The second-order valence-electron chi connectivity index (χ2n) is 6.06. The first kappa shape index (κ1) is 22.3. The van der Waals surface area contributed by atoms with Crippen molar-refractivity contribution in [1.82, 2.24) is 4.90 Å². The number of thiophene rings is 1. The predicted octanol–water partition coefficient (Wildman–Crippen LogP) is 3.75. The van der Waals surface area contributed by atoms with Crippen LogP contribution in [-0.2, 0) is 4.74 Å². The molecule has 1 aromatic heterocycles. The van der Waals surface area contributed by atoms with Crippen molar-refractivity contribution in [2.45, 2.75) is 13.8 Å². The Bertz CT molecular complexity index is 1000. The number of nitro benzene ring substituents is 1. The van der Waals surface area contributed by atoms with Crippen LogP contribution in [0.4, 0.5) is 10.7 Å². The third-order valence-electron chi connectivity index (χ3n) is 3.86. The maximum absolute atomic E-state index is 12.7. The second kappa shape index (κ2) is 9.01. The van der Waals surface area contributed by atoms with Crippen molar-refractivity contribution in [3.8, 4) is 0 Å². The van der Waals surface area contributed by atoms with Crippen LogP contribution in [0.2, 0.25) is 5.02 Å². The number of non-ortho nitro benzene ring substituents is 1. The SMILES string of the molecule is CCOC(=O)c1c(NC(=O)c2cc([N+](=O)[O-])ccc2Cl)sc(C(=O)N(C)C)c1C. The Morgan fingerprint density at radius 3 is 2.52 bits per heavy atom. The summed E-state index contributed by atoms with van der Waals surface area (Å²) in [6, 6.07) is 3.45. The minimum atomic E-state index is -0.755. The summed E-state index contributed by atoms with van der Waals surface area (Å²) in [7, 11) is 3.12. The van der Waals surface area contributed by atoms with Gasteiger partial charge in [-0.15, -0.1) is 11.3 Å². The van der Waals surface area contributed by atoms with Crippen LogP contribution in [0.25, 0.3) is 0 Å². The number of nitrogens with zero attached hydrogens (tertiary/aromatic N) is 2. The Kier molecular flexibility index (Phi) is 6.93. The highest BCUT2D eigenvalue weighted by Crippen LogP contribution is 2.35. The molecule has 1 N–H and O–H groups in total. The lowest BCUT2D eigenvalue weighted by Crippen LogP contribution is -2.21. The lowest BCUT2D eigenvalue weighted by Gasteiger charge is -2.09. The molecule has 0 aliphatic heterocycles. The molecule has 0 atom stereocenters. The van der Waals surface area contributed by atoms with Crippen molar-refractivity contribution < 1.29 is 24.0 Å². The molecule has 0 aliphatic rings. The molecule has 2 amide bonds. The summed E-state index contributed by atoms with van der Waals surface area (Å²) in [6.07, 6.45) is 0. The second-order valence-corrected chi connectivity index (χ2v) is 7.48.